The van der Waals surface area contributed by atoms with E-state index in [2.05, 4.69) is 43.4 Å². The van der Waals surface area contributed by atoms with Crippen molar-refractivity contribution in [2.75, 3.05) is 6.54 Å². The summed E-state index contributed by atoms with van der Waals surface area (Å²) in [5.41, 5.74) is 7.84. The van der Waals surface area contributed by atoms with Crippen molar-refractivity contribution < 1.29 is 4.79 Å². The molecule has 1 aromatic carbocycles. The smallest absolute Gasteiger partial charge is 0.220 e. The minimum atomic E-state index is 0. The van der Waals surface area contributed by atoms with Gasteiger partial charge in [0, 0.05) is 6.42 Å². The summed E-state index contributed by atoms with van der Waals surface area (Å²) in [5.74, 6) is 0.606. The second-order valence-corrected chi connectivity index (χ2v) is 5.00. The fraction of sp³-hybridized carbons (Fsp3) is 0.533. The third kappa shape index (κ3) is 6.08. The summed E-state index contributed by atoms with van der Waals surface area (Å²) in [4.78, 5) is 11.6. The van der Waals surface area contributed by atoms with Gasteiger partial charge in [0.25, 0.3) is 0 Å². The van der Waals surface area contributed by atoms with Gasteiger partial charge in [-0.2, -0.15) is 0 Å². The van der Waals surface area contributed by atoms with Gasteiger partial charge in [-0.1, -0.05) is 38.1 Å². The molecule has 0 aromatic heterocycles. The van der Waals surface area contributed by atoms with Crippen molar-refractivity contribution in [2.45, 2.75) is 45.6 Å². The molecule has 4 heteroatoms. The molecule has 0 heterocycles. The third-order valence-electron chi connectivity index (χ3n) is 3.09. The molecule has 0 saturated carbocycles. The average molecular weight is 285 g/mol. The Morgan fingerprint density at radius 2 is 1.68 bits per heavy atom. The second-order valence-electron chi connectivity index (χ2n) is 5.00. The summed E-state index contributed by atoms with van der Waals surface area (Å²) in [6.07, 6.45) is 1.25. The van der Waals surface area contributed by atoms with Crippen molar-refractivity contribution in [2.24, 2.45) is 5.73 Å². The van der Waals surface area contributed by atoms with Crippen LogP contribution in [0.3, 0.4) is 0 Å². The fourth-order valence-electron chi connectivity index (χ4n) is 1.83. The van der Waals surface area contributed by atoms with Crippen LogP contribution in [0.4, 0.5) is 0 Å². The quantitative estimate of drug-likeness (QED) is 0.843. The number of carbonyl (C=O) groups excluding carboxylic acids is 1. The van der Waals surface area contributed by atoms with Crippen LogP contribution in [0, 0.1) is 0 Å². The Balaban J connectivity index is 0.00000324. The highest BCUT2D eigenvalue weighted by atomic mass is 35.5. The van der Waals surface area contributed by atoms with Gasteiger partial charge in [-0.3, -0.25) is 4.79 Å². The van der Waals surface area contributed by atoms with E-state index < -0.39 is 0 Å². The van der Waals surface area contributed by atoms with E-state index in [1.54, 1.807) is 0 Å². The Bertz CT molecular complexity index is 376. The van der Waals surface area contributed by atoms with Gasteiger partial charge in [0.2, 0.25) is 5.91 Å². The number of nitrogens with two attached hydrogens (primary N) is 1. The van der Waals surface area contributed by atoms with E-state index in [9.17, 15) is 4.79 Å². The predicted molar refractivity (Wildman–Crippen MR) is 82.6 cm³/mol. The van der Waals surface area contributed by atoms with Gasteiger partial charge in [-0.05, 0) is 36.9 Å². The second kappa shape index (κ2) is 8.94. The van der Waals surface area contributed by atoms with E-state index in [-0.39, 0.29) is 24.4 Å². The molecule has 0 radical (unpaired) electrons. The van der Waals surface area contributed by atoms with Crippen molar-refractivity contribution in [3.63, 3.8) is 0 Å². The Morgan fingerprint density at radius 1 is 1.16 bits per heavy atom. The highest BCUT2D eigenvalue weighted by Gasteiger charge is 2.09. The lowest BCUT2D eigenvalue weighted by atomic mass is 9.99. The van der Waals surface area contributed by atoms with Crippen molar-refractivity contribution >= 4 is 18.3 Å². The zero-order valence-electron chi connectivity index (χ0n) is 12.0. The zero-order chi connectivity index (χ0) is 13.5. The Kier molecular flexibility index (Phi) is 8.44. The lowest BCUT2D eigenvalue weighted by Gasteiger charge is -2.15. The van der Waals surface area contributed by atoms with Crippen LogP contribution in [0.1, 0.15) is 56.7 Å². The number of rotatable bonds is 6. The molecule has 0 aliphatic rings. The first-order valence-corrected chi connectivity index (χ1v) is 6.64. The Morgan fingerprint density at radius 3 is 2.16 bits per heavy atom. The maximum absolute atomic E-state index is 11.6. The molecule has 0 spiro atoms. The highest BCUT2D eigenvalue weighted by Crippen LogP contribution is 2.18. The number of hydrogen-bond acceptors (Lipinski definition) is 2. The highest BCUT2D eigenvalue weighted by molar-refractivity contribution is 5.85. The Hall–Kier alpha value is -1.06. The molecule has 1 amide bonds. The maximum Gasteiger partial charge on any atom is 0.220 e. The molecule has 0 saturated heterocycles. The van der Waals surface area contributed by atoms with Gasteiger partial charge in [0.05, 0.1) is 6.04 Å². The number of amides is 1. The molecule has 1 rings (SSSR count). The monoisotopic (exact) mass is 284 g/mol. The Labute approximate surface area is 122 Å². The van der Waals surface area contributed by atoms with Gasteiger partial charge in [0.1, 0.15) is 0 Å². The lowest BCUT2D eigenvalue weighted by Crippen LogP contribution is -2.26. The minimum Gasteiger partial charge on any atom is -0.350 e. The molecule has 108 valence electrons. The molecule has 1 unspecified atom stereocenters. The van der Waals surface area contributed by atoms with E-state index in [0.29, 0.717) is 18.9 Å². The largest absolute Gasteiger partial charge is 0.350 e. The molecule has 0 aliphatic carbocycles. The zero-order valence-corrected chi connectivity index (χ0v) is 12.8. The van der Waals surface area contributed by atoms with Crippen LogP contribution >= 0.6 is 12.4 Å². The van der Waals surface area contributed by atoms with Gasteiger partial charge in [-0.25, -0.2) is 0 Å². The molecule has 0 fully saturated rings. The first-order valence-electron chi connectivity index (χ1n) is 6.64. The molecule has 1 atom stereocenters. The molecule has 0 aliphatic heterocycles. The van der Waals surface area contributed by atoms with Crippen LogP contribution in [0.25, 0.3) is 0 Å². The van der Waals surface area contributed by atoms with Crippen LogP contribution in [0.15, 0.2) is 24.3 Å². The van der Waals surface area contributed by atoms with E-state index in [1.165, 1.54) is 5.56 Å². The first kappa shape index (κ1) is 17.9. The summed E-state index contributed by atoms with van der Waals surface area (Å²) in [6.45, 7) is 6.91. The van der Waals surface area contributed by atoms with Gasteiger partial charge < -0.3 is 11.1 Å². The molecule has 0 bridgehead atoms. The number of nitrogens with one attached hydrogen (secondary N) is 1. The molecule has 3 nitrogen and oxygen atoms in total. The van der Waals surface area contributed by atoms with Crippen LogP contribution in [-0.4, -0.2) is 12.5 Å². The SMILES string of the molecule is CC(C)c1ccc(C(C)NC(=O)CCCN)cc1.Cl. The lowest BCUT2D eigenvalue weighted by molar-refractivity contribution is -0.121. The number of carbonyl (C=O) groups is 1. The standard InChI is InChI=1S/C15H24N2O.ClH/c1-11(2)13-6-8-14(9-7-13)12(3)17-15(18)5-4-10-16;/h6-9,11-12H,4-5,10,16H2,1-3H3,(H,17,18);1H. The van der Waals surface area contributed by atoms with Crippen molar-refractivity contribution in [3.8, 4) is 0 Å². The van der Waals surface area contributed by atoms with E-state index in [4.69, 9.17) is 5.73 Å². The van der Waals surface area contributed by atoms with E-state index in [1.807, 2.05) is 6.92 Å². The maximum atomic E-state index is 11.6. The van der Waals surface area contributed by atoms with E-state index in [0.717, 1.165) is 12.0 Å². The minimum absolute atomic E-state index is 0. The normalized spacial score (nSPS) is 11.8. The fourth-order valence-corrected chi connectivity index (χ4v) is 1.83. The summed E-state index contributed by atoms with van der Waals surface area (Å²) in [5, 5.41) is 2.99. The van der Waals surface area contributed by atoms with Gasteiger partial charge in [0.15, 0.2) is 0 Å². The van der Waals surface area contributed by atoms with Crippen molar-refractivity contribution in [3.05, 3.63) is 35.4 Å². The molecule has 3 N–H and O–H groups in total. The van der Waals surface area contributed by atoms with Crippen LogP contribution in [0.2, 0.25) is 0 Å². The summed E-state index contributed by atoms with van der Waals surface area (Å²) < 4.78 is 0. The van der Waals surface area contributed by atoms with Crippen LogP contribution < -0.4 is 11.1 Å². The van der Waals surface area contributed by atoms with Gasteiger partial charge in [-0.15, -0.1) is 12.4 Å². The molecule has 1 aromatic rings. The van der Waals surface area contributed by atoms with Crippen LogP contribution in [0.5, 0.6) is 0 Å². The van der Waals surface area contributed by atoms with Gasteiger partial charge >= 0.3 is 0 Å². The first-order chi connectivity index (χ1) is 8.54. The average Bonchev–Trinajstić information content (AvgIpc) is 2.36. The summed E-state index contributed by atoms with van der Waals surface area (Å²) in [7, 11) is 0. The number of hydrogen-bond donors (Lipinski definition) is 2. The van der Waals surface area contributed by atoms with Crippen molar-refractivity contribution in [1.29, 1.82) is 0 Å². The van der Waals surface area contributed by atoms with E-state index >= 15 is 0 Å². The predicted octanol–water partition coefficient (Wildman–Crippen LogP) is 3.15. The summed E-state index contributed by atoms with van der Waals surface area (Å²) >= 11 is 0. The molecular weight excluding hydrogens is 260 g/mol. The number of halogens is 1. The third-order valence-corrected chi connectivity index (χ3v) is 3.09. The summed E-state index contributed by atoms with van der Waals surface area (Å²) in [6, 6.07) is 8.48. The molecule has 19 heavy (non-hydrogen) atoms. The number of benzene rings is 1. The molecular formula is C15H25ClN2O. The topological polar surface area (TPSA) is 55.1 Å². The van der Waals surface area contributed by atoms with Crippen molar-refractivity contribution in [1.82, 2.24) is 5.32 Å². The van der Waals surface area contributed by atoms with Crippen LogP contribution in [-0.2, 0) is 4.79 Å².